The summed E-state index contributed by atoms with van der Waals surface area (Å²) in [6.45, 7) is 8.74. The quantitative estimate of drug-likeness (QED) is 0.668. The summed E-state index contributed by atoms with van der Waals surface area (Å²) < 4.78 is 0. The van der Waals surface area contributed by atoms with E-state index in [1.165, 1.54) is 71.2 Å². The molecule has 0 aromatic rings. The second kappa shape index (κ2) is 6.61. The molecule has 16 heavy (non-hydrogen) atoms. The fourth-order valence-electron chi connectivity index (χ4n) is 2.77. The first-order valence-electron chi connectivity index (χ1n) is 7.31. The van der Waals surface area contributed by atoms with Crippen LogP contribution in [0.25, 0.3) is 0 Å². The lowest BCUT2D eigenvalue weighted by atomic mass is 9.92. The van der Waals surface area contributed by atoms with Gasteiger partial charge >= 0.3 is 0 Å². The molecule has 0 unspecified atom stereocenters. The molecule has 0 aromatic carbocycles. The molecule has 2 nitrogen and oxygen atoms in total. The average Bonchev–Trinajstić information content (AvgIpc) is 3.11. The molecule has 1 saturated heterocycles. The molecule has 2 heteroatoms. The third-order valence-corrected chi connectivity index (χ3v) is 4.14. The Kier molecular flexibility index (Phi) is 5.11. The third-order valence-electron chi connectivity index (χ3n) is 4.14. The van der Waals surface area contributed by atoms with E-state index in [9.17, 15) is 0 Å². The van der Waals surface area contributed by atoms with E-state index in [-0.39, 0.29) is 0 Å². The Bertz CT molecular complexity index is 181. The van der Waals surface area contributed by atoms with Gasteiger partial charge in [-0.2, -0.15) is 0 Å². The van der Waals surface area contributed by atoms with Gasteiger partial charge in [-0.15, -0.1) is 0 Å². The van der Waals surface area contributed by atoms with Crippen molar-refractivity contribution in [3.05, 3.63) is 0 Å². The lowest BCUT2D eigenvalue weighted by Crippen LogP contribution is -2.38. The molecule has 0 bridgehead atoms. The Hall–Kier alpha value is -0.0800. The summed E-state index contributed by atoms with van der Waals surface area (Å²) in [6, 6.07) is 0. The van der Waals surface area contributed by atoms with Crippen LogP contribution in [0.3, 0.4) is 0 Å². The minimum atomic E-state index is 1.02. The van der Waals surface area contributed by atoms with E-state index < -0.39 is 0 Å². The van der Waals surface area contributed by atoms with Crippen LogP contribution in [0.15, 0.2) is 0 Å². The number of piperidine rings is 1. The third kappa shape index (κ3) is 4.42. The van der Waals surface area contributed by atoms with E-state index in [0.717, 1.165) is 11.8 Å². The van der Waals surface area contributed by atoms with Gasteiger partial charge in [0, 0.05) is 13.1 Å². The van der Waals surface area contributed by atoms with Crippen LogP contribution < -0.4 is 5.32 Å². The summed E-state index contributed by atoms with van der Waals surface area (Å²) in [4.78, 5) is 2.64. The molecule has 1 heterocycles. The van der Waals surface area contributed by atoms with Crippen LogP contribution >= 0.6 is 0 Å². The van der Waals surface area contributed by atoms with E-state index in [4.69, 9.17) is 0 Å². The van der Waals surface area contributed by atoms with Crippen molar-refractivity contribution >= 4 is 0 Å². The Morgan fingerprint density at radius 1 is 1.06 bits per heavy atom. The highest BCUT2D eigenvalue weighted by Crippen LogP contribution is 2.27. The highest BCUT2D eigenvalue weighted by Gasteiger charge is 2.21. The fourth-order valence-corrected chi connectivity index (χ4v) is 2.77. The number of likely N-dealkylation sites (tertiary alicyclic amines) is 1. The first kappa shape index (κ1) is 12.4. The van der Waals surface area contributed by atoms with Crippen molar-refractivity contribution in [2.75, 3.05) is 32.7 Å². The molecule has 0 amide bonds. The van der Waals surface area contributed by atoms with Gasteiger partial charge in [0.15, 0.2) is 0 Å². The lowest BCUT2D eigenvalue weighted by molar-refractivity contribution is 0.179. The summed E-state index contributed by atoms with van der Waals surface area (Å²) in [5.41, 5.74) is 0. The Morgan fingerprint density at radius 2 is 1.81 bits per heavy atom. The average molecular weight is 224 g/mol. The van der Waals surface area contributed by atoms with Gasteiger partial charge in [0.1, 0.15) is 0 Å². The zero-order valence-corrected chi connectivity index (χ0v) is 10.9. The lowest BCUT2D eigenvalue weighted by Gasteiger charge is -2.31. The summed E-state index contributed by atoms with van der Waals surface area (Å²) in [6.07, 6.45) is 8.64. The molecule has 1 saturated carbocycles. The maximum atomic E-state index is 3.59. The minimum absolute atomic E-state index is 1.02. The summed E-state index contributed by atoms with van der Waals surface area (Å²) in [5, 5.41) is 3.59. The van der Waals surface area contributed by atoms with Gasteiger partial charge in [0.2, 0.25) is 0 Å². The second-order valence-corrected chi connectivity index (χ2v) is 5.72. The molecule has 0 radical (unpaired) electrons. The maximum absolute atomic E-state index is 3.59. The normalized spacial score (nSPS) is 23.8. The zero-order valence-electron chi connectivity index (χ0n) is 10.9. The number of nitrogens with one attached hydrogen (secondary N) is 1. The molecule has 2 rings (SSSR count). The molecule has 1 aliphatic carbocycles. The van der Waals surface area contributed by atoms with Gasteiger partial charge in [0.05, 0.1) is 0 Å². The highest BCUT2D eigenvalue weighted by atomic mass is 15.1. The monoisotopic (exact) mass is 224 g/mol. The Labute approximate surface area is 101 Å². The number of hydrogen-bond acceptors (Lipinski definition) is 2. The fraction of sp³-hybridized carbons (Fsp3) is 1.00. The van der Waals surface area contributed by atoms with Crippen molar-refractivity contribution in [3.63, 3.8) is 0 Å². The summed E-state index contributed by atoms with van der Waals surface area (Å²) in [5.74, 6) is 2.05. The summed E-state index contributed by atoms with van der Waals surface area (Å²) >= 11 is 0. The van der Waals surface area contributed by atoms with Gasteiger partial charge in [-0.25, -0.2) is 0 Å². The van der Waals surface area contributed by atoms with Gasteiger partial charge in [-0.05, 0) is 57.2 Å². The topological polar surface area (TPSA) is 15.3 Å². The number of hydrogen-bond donors (Lipinski definition) is 1. The van der Waals surface area contributed by atoms with E-state index in [1.807, 2.05) is 0 Å². The molecule has 2 fully saturated rings. The number of rotatable bonds is 7. The van der Waals surface area contributed by atoms with Crippen LogP contribution in [0.4, 0.5) is 0 Å². The molecule has 0 atom stereocenters. The van der Waals surface area contributed by atoms with Crippen LogP contribution in [-0.4, -0.2) is 37.6 Å². The van der Waals surface area contributed by atoms with Gasteiger partial charge < -0.3 is 10.2 Å². The van der Waals surface area contributed by atoms with Crippen molar-refractivity contribution in [3.8, 4) is 0 Å². The van der Waals surface area contributed by atoms with Crippen molar-refractivity contribution in [1.29, 1.82) is 0 Å². The summed E-state index contributed by atoms with van der Waals surface area (Å²) in [7, 11) is 0. The van der Waals surface area contributed by atoms with Gasteiger partial charge in [0.25, 0.3) is 0 Å². The second-order valence-electron chi connectivity index (χ2n) is 5.72. The van der Waals surface area contributed by atoms with Crippen molar-refractivity contribution in [1.82, 2.24) is 10.2 Å². The SMILES string of the molecule is CCCC1CCN(CCNCC2CC2)CC1. The van der Waals surface area contributed by atoms with E-state index in [2.05, 4.69) is 17.1 Å². The molecular weight excluding hydrogens is 196 g/mol. The first-order valence-corrected chi connectivity index (χ1v) is 7.31. The smallest absolute Gasteiger partial charge is 0.0107 e. The van der Waals surface area contributed by atoms with Gasteiger partial charge in [-0.3, -0.25) is 0 Å². The molecule has 1 N–H and O–H groups in total. The van der Waals surface area contributed by atoms with Crippen LogP contribution in [-0.2, 0) is 0 Å². The first-order chi connectivity index (χ1) is 7.88. The number of nitrogens with zero attached hydrogens (tertiary/aromatic N) is 1. The van der Waals surface area contributed by atoms with Gasteiger partial charge in [-0.1, -0.05) is 19.8 Å². The van der Waals surface area contributed by atoms with E-state index >= 15 is 0 Å². The predicted octanol–water partition coefficient (Wildman–Crippen LogP) is 2.50. The van der Waals surface area contributed by atoms with Crippen LogP contribution in [0.5, 0.6) is 0 Å². The largest absolute Gasteiger partial charge is 0.315 e. The minimum Gasteiger partial charge on any atom is -0.315 e. The zero-order chi connectivity index (χ0) is 11.2. The van der Waals surface area contributed by atoms with Crippen LogP contribution in [0, 0.1) is 11.8 Å². The van der Waals surface area contributed by atoms with Crippen LogP contribution in [0.2, 0.25) is 0 Å². The van der Waals surface area contributed by atoms with Crippen molar-refractivity contribution in [2.24, 2.45) is 11.8 Å². The van der Waals surface area contributed by atoms with Crippen molar-refractivity contribution in [2.45, 2.75) is 45.4 Å². The molecule has 1 aliphatic heterocycles. The van der Waals surface area contributed by atoms with E-state index in [1.54, 1.807) is 0 Å². The molecular formula is C14H28N2. The molecule has 2 aliphatic rings. The highest BCUT2D eigenvalue weighted by molar-refractivity contribution is 4.76. The maximum Gasteiger partial charge on any atom is 0.0107 e. The standard InChI is InChI=1S/C14H28N2/c1-2-3-13-6-9-16(10-7-13)11-8-15-12-14-4-5-14/h13-15H,2-12H2,1H3. The Balaban J connectivity index is 1.47. The molecule has 0 spiro atoms. The van der Waals surface area contributed by atoms with Crippen LogP contribution in [0.1, 0.15) is 45.4 Å². The molecule has 0 aromatic heterocycles. The molecule has 94 valence electrons. The Morgan fingerprint density at radius 3 is 2.44 bits per heavy atom. The van der Waals surface area contributed by atoms with Crippen molar-refractivity contribution < 1.29 is 0 Å². The van der Waals surface area contributed by atoms with E-state index in [0.29, 0.717) is 0 Å². The predicted molar refractivity (Wildman–Crippen MR) is 69.7 cm³/mol.